The first-order valence-corrected chi connectivity index (χ1v) is 10.3. The Kier molecular flexibility index (Phi) is 6.75. The Hall–Kier alpha value is -4.45. The molecular weight excluding hydrogens is 416 g/mol. The van der Waals surface area contributed by atoms with Crippen molar-refractivity contribution in [1.82, 2.24) is 0 Å². The van der Waals surface area contributed by atoms with E-state index < -0.39 is 0 Å². The fourth-order valence-corrected chi connectivity index (χ4v) is 3.31. The number of ether oxygens (including phenoxy) is 2. The van der Waals surface area contributed by atoms with E-state index in [9.17, 15) is 4.79 Å². The predicted molar refractivity (Wildman–Crippen MR) is 128 cm³/mol. The number of carbonyl (C=O) groups is 1. The maximum atomic E-state index is 13.4. The molecular formula is C27H22N2O4. The van der Waals surface area contributed by atoms with E-state index in [1.807, 2.05) is 42.5 Å². The molecule has 6 nitrogen and oxygen atoms in total. The highest BCUT2D eigenvalue weighted by Crippen LogP contribution is 2.22. The van der Waals surface area contributed by atoms with Gasteiger partial charge in [-0.25, -0.2) is 0 Å². The number of rotatable bonds is 8. The van der Waals surface area contributed by atoms with Crippen molar-refractivity contribution in [3.8, 4) is 11.5 Å². The Morgan fingerprint density at radius 1 is 0.758 bits per heavy atom. The zero-order valence-electron chi connectivity index (χ0n) is 18.3. The molecule has 0 aliphatic heterocycles. The number of methoxy groups -OCH3 is 2. The van der Waals surface area contributed by atoms with E-state index in [0.29, 0.717) is 33.9 Å². The van der Waals surface area contributed by atoms with Crippen LogP contribution in [0.2, 0.25) is 0 Å². The first-order chi connectivity index (χ1) is 16.2. The molecule has 4 aromatic rings. The van der Waals surface area contributed by atoms with Crippen molar-refractivity contribution in [2.24, 2.45) is 10.2 Å². The van der Waals surface area contributed by atoms with Gasteiger partial charge in [0.15, 0.2) is 5.78 Å². The quantitative estimate of drug-likeness (QED) is 0.210. The standard InChI is InChI=1S/C27H22N2O4/c1-31-21-13-9-19(10-14-21)26(29-28-18-23-6-5-17-33-23)24-7-3-4-8-25(24)27(30)20-11-15-22(32-2)16-12-20/h3-18H,1-2H3/b28-18-,29-26+. The number of benzene rings is 3. The van der Waals surface area contributed by atoms with Gasteiger partial charge in [0.1, 0.15) is 23.0 Å². The van der Waals surface area contributed by atoms with Gasteiger partial charge < -0.3 is 13.9 Å². The summed E-state index contributed by atoms with van der Waals surface area (Å²) in [5, 5.41) is 8.69. The molecule has 0 radical (unpaired) electrons. The van der Waals surface area contributed by atoms with Crippen LogP contribution in [0, 0.1) is 0 Å². The number of hydrogen-bond donors (Lipinski definition) is 0. The normalized spacial score (nSPS) is 11.5. The van der Waals surface area contributed by atoms with Gasteiger partial charge >= 0.3 is 0 Å². The molecule has 4 rings (SSSR count). The maximum absolute atomic E-state index is 13.4. The number of ketones is 1. The zero-order chi connectivity index (χ0) is 23.0. The van der Waals surface area contributed by atoms with Gasteiger partial charge in [-0.1, -0.05) is 24.3 Å². The number of nitrogens with zero attached hydrogens (tertiary/aromatic N) is 2. The molecule has 0 saturated carbocycles. The summed E-state index contributed by atoms with van der Waals surface area (Å²) in [5.41, 5.74) is 3.09. The smallest absolute Gasteiger partial charge is 0.193 e. The molecule has 0 unspecified atom stereocenters. The van der Waals surface area contributed by atoms with Crippen LogP contribution in [-0.4, -0.2) is 31.9 Å². The lowest BCUT2D eigenvalue weighted by Crippen LogP contribution is -2.12. The third kappa shape index (κ3) is 5.07. The van der Waals surface area contributed by atoms with E-state index in [4.69, 9.17) is 13.9 Å². The van der Waals surface area contributed by atoms with Gasteiger partial charge in [-0.15, -0.1) is 5.10 Å². The van der Waals surface area contributed by atoms with Crippen LogP contribution >= 0.6 is 0 Å². The van der Waals surface area contributed by atoms with Gasteiger partial charge in [-0.2, -0.15) is 5.10 Å². The minimum Gasteiger partial charge on any atom is -0.497 e. The topological polar surface area (TPSA) is 73.4 Å². The summed E-state index contributed by atoms with van der Waals surface area (Å²) in [6.07, 6.45) is 3.09. The molecule has 0 amide bonds. The molecule has 6 heteroatoms. The molecule has 0 spiro atoms. The summed E-state index contributed by atoms with van der Waals surface area (Å²) in [4.78, 5) is 13.4. The fraction of sp³-hybridized carbons (Fsp3) is 0.0741. The van der Waals surface area contributed by atoms with E-state index >= 15 is 0 Å². The van der Waals surface area contributed by atoms with Crippen LogP contribution in [0.3, 0.4) is 0 Å². The van der Waals surface area contributed by atoms with E-state index in [2.05, 4.69) is 10.2 Å². The first-order valence-electron chi connectivity index (χ1n) is 10.3. The first kappa shape index (κ1) is 21.8. The Labute approximate surface area is 191 Å². The van der Waals surface area contributed by atoms with Gasteiger partial charge in [-0.3, -0.25) is 4.79 Å². The summed E-state index contributed by atoms with van der Waals surface area (Å²) in [7, 11) is 3.20. The average molecular weight is 438 g/mol. The zero-order valence-corrected chi connectivity index (χ0v) is 18.3. The van der Waals surface area contributed by atoms with Crippen molar-refractivity contribution in [2.45, 2.75) is 0 Å². The van der Waals surface area contributed by atoms with Crippen LogP contribution in [0.1, 0.15) is 32.8 Å². The monoisotopic (exact) mass is 438 g/mol. The Balaban J connectivity index is 1.78. The van der Waals surface area contributed by atoms with Gasteiger partial charge in [0, 0.05) is 22.3 Å². The second-order valence-electron chi connectivity index (χ2n) is 7.04. The Morgan fingerprint density at radius 2 is 1.36 bits per heavy atom. The van der Waals surface area contributed by atoms with Crippen molar-refractivity contribution in [3.05, 3.63) is 119 Å². The van der Waals surface area contributed by atoms with E-state index in [0.717, 1.165) is 11.3 Å². The number of furan rings is 1. The molecule has 0 N–H and O–H groups in total. The molecule has 0 saturated heterocycles. The van der Waals surface area contributed by atoms with E-state index in [1.54, 1.807) is 62.9 Å². The lowest BCUT2D eigenvalue weighted by Gasteiger charge is -2.12. The van der Waals surface area contributed by atoms with Crippen molar-refractivity contribution >= 4 is 17.7 Å². The minimum atomic E-state index is -0.121. The molecule has 0 aliphatic carbocycles. The maximum Gasteiger partial charge on any atom is 0.193 e. The average Bonchev–Trinajstić information content (AvgIpc) is 3.40. The van der Waals surface area contributed by atoms with Crippen LogP contribution in [-0.2, 0) is 0 Å². The lowest BCUT2D eigenvalue weighted by molar-refractivity contribution is 0.103. The minimum absolute atomic E-state index is 0.121. The summed E-state index contributed by atoms with van der Waals surface area (Å²) >= 11 is 0. The molecule has 0 aliphatic rings. The Bertz CT molecular complexity index is 1270. The fourth-order valence-electron chi connectivity index (χ4n) is 3.31. The predicted octanol–water partition coefficient (Wildman–Crippen LogP) is 5.40. The second-order valence-corrected chi connectivity index (χ2v) is 7.04. The lowest BCUT2D eigenvalue weighted by atomic mass is 9.93. The summed E-state index contributed by atoms with van der Waals surface area (Å²) < 4.78 is 15.8. The molecule has 1 aromatic heterocycles. The van der Waals surface area contributed by atoms with Crippen molar-refractivity contribution in [1.29, 1.82) is 0 Å². The molecule has 1 heterocycles. The third-order valence-corrected chi connectivity index (χ3v) is 5.03. The highest BCUT2D eigenvalue weighted by Gasteiger charge is 2.18. The van der Waals surface area contributed by atoms with Crippen molar-refractivity contribution < 1.29 is 18.7 Å². The van der Waals surface area contributed by atoms with Gasteiger partial charge in [0.2, 0.25) is 0 Å². The third-order valence-electron chi connectivity index (χ3n) is 5.03. The van der Waals surface area contributed by atoms with Crippen LogP contribution < -0.4 is 9.47 Å². The molecule has 0 atom stereocenters. The number of hydrogen-bond acceptors (Lipinski definition) is 6. The molecule has 164 valence electrons. The van der Waals surface area contributed by atoms with E-state index in [1.165, 1.54) is 6.21 Å². The Morgan fingerprint density at radius 3 is 1.94 bits per heavy atom. The largest absolute Gasteiger partial charge is 0.497 e. The molecule has 0 bridgehead atoms. The summed E-state index contributed by atoms with van der Waals surface area (Å²) in [6, 6.07) is 25.4. The highest BCUT2D eigenvalue weighted by atomic mass is 16.5. The summed E-state index contributed by atoms with van der Waals surface area (Å²) in [5.74, 6) is 1.87. The van der Waals surface area contributed by atoms with Gasteiger partial charge in [0.25, 0.3) is 0 Å². The van der Waals surface area contributed by atoms with E-state index in [-0.39, 0.29) is 5.78 Å². The molecule has 0 fully saturated rings. The van der Waals surface area contributed by atoms with Crippen LogP contribution in [0.25, 0.3) is 0 Å². The van der Waals surface area contributed by atoms with Crippen LogP contribution in [0.4, 0.5) is 0 Å². The number of carbonyl (C=O) groups excluding carboxylic acids is 1. The van der Waals surface area contributed by atoms with Crippen molar-refractivity contribution in [2.75, 3.05) is 14.2 Å². The van der Waals surface area contributed by atoms with Crippen LogP contribution in [0.15, 0.2) is 106 Å². The highest BCUT2D eigenvalue weighted by molar-refractivity contribution is 6.21. The van der Waals surface area contributed by atoms with Gasteiger partial charge in [0.05, 0.1) is 26.7 Å². The molecule has 33 heavy (non-hydrogen) atoms. The summed E-state index contributed by atoms with van der Waals surface area (Å²) in [6.45, 7) is 0. The van der Waals surface area contributed by atoms with Crippen molar-refractivity contribution in [3.63, 3.8) is 0 Å². The van der Waals surface area contributed by atoms with Gasteiger partial charge in [-0.05, 0) is 60.7 Å². The molecule has 3 aromatic carbocycles. The van der Waals surface area contributed by atoms with Crippen LogP contribution in [0.5, 0.6) is 11.5 Å². The second kappa shape index (κ2) is 10.2. The SMILES string of the molecule is COc1ccc(C(=O)c2ccccc2/C(=N/N=C\c2ccco2)c2ccc(OC)cc2)cc1.